The predicted octanol–water partition coefficient (Wildman–Crippen LogP) is 4.06. The summed E-state index contributed by atoms with van der Waals surface area (Å²) in [7, 11) is 0. The zero-order valence-corrected chi connectivity index (χ0v) is 15.7. The molecule has 0 radical (unpaired) electrons. The van der Waals surface area contributed by atoms with Crippen molar-refractivity contribution < 1.29 is 0 Å². The number of benzene rings is 2. The Kier molecular flexibility index (Phi) is 3.73. The first-order valence-electron chi connectivity index (χ1n) is 8.17. The zero-order chi connectivity index (χ0) is 18.4. The molecule has 0 saturated heterocycles. The van der Waals surface area contributed by atoms with Crippen LogP contribution in [0.4, 0.5) is 0 Å². The molecule has 0 aliphatic carbocycles. The van der Waals surface area contributed by atoms with Crippen molar-refractivity contribution in [2.45, 2.75) is 6.92 Å². The number of fused-ring (bicyclic) bond motifs is 1. The van der Waals surface area contributed by atoms with Crippen LogP contribution >= 0.6 is 22.9 Å². The molecular weight excluding hydrogens is 382 g/mol. The molecule has 5 aromatic rings. The molecule has 3 heterocycles. The third-order valence-electron chi connectivity index (χ3n) is 4.19. The van der Waals surface area contributed by atoms with Crippen LogP contribution in [-0.4, -0.2) is 34.8 Å². The van der Waals surface area contributed by atoms with Crippen molar-refractivity contribution in [3.05, 3.63) is 65.3 Å². The van der Waals surface area contributed by atoms with Crippen molar-refractivity contribution in [2.75, 3.05) is 0 Å². The van der Waals surface area contributed by atoms with Crippen LogP contribution in [-0.2, 0) is 0 Å². The number of rotatable bonds is 3. The molecule has 0 unspecified atom stereocenters. The van der Waals surface area contributed by atoms with Crippen LogP contribution < -0.4 is 0 Å². The van der Waals surface area contributed by atoms with Crippen LogP contribution in [0.2, 0.25) is 5.02 Å². The fourth-order valence-corrected chi connectivity index (χ4v) is 3.84. The average molecular weight is 394 g/mol. The minimum atomic E-state index is 0.679. The number of halogens is 1. The van der Waals surface area contributed by atoms with Crippen molar-refractivity contribution in [1.29, 1.82) is 0 Å². The molecule has 0 amide bonds. The first kappa shape index (κ1) is 16.1. The Bertz CT molecular complexity index is 1240. The molecule has 0 saturated carbocycles. The van der Waals surface area contributed by atoms with E-state index in [9.17, 15) is 0 Å². The molecule has 0 spiro atoms. The second-order valence-electron chi connectivity index (χ2n) is 5.90. The van der Waals surface area contributed by atoms with Gasteiger partial charge in [0, 0.05) is 10.6 Å². The van der Waals surface area contributed by atoms with Crippen molar-refractivity contribution in [2.24, 2.45) is 0 Å². The lowest BCUT2D eigenvalue weighted by molar-refractivity contribution is 0.785. The van der Waals surface area contributed by atoms with Gasteiger partial charge in [-0.3, -0.25) is 0 Å². The maximum atomic E-state index is 5.97. The Morgan fingerprint density at radius 3 is 2.48 bits per heavy atom. The van der Waals surface area contributed by atoms with E-state index in [4.69, 9.17) is 11.6 Å². The van der Waals surface area contributed by atoms with E-state index in [0.717, 1.165) is 27.6 Å². The van der Waals surface area contributed by atoms with Gasteiger partial charge in [0.25, 0.3) is 0 Å². The molecule has 3 aromatic heterocycles. The van der Waals surface area contributed by atoms with Crippen LogP contribution in [0, 0.1) is 6.92 Å². The summed E-state index contributed by atoms with van der Waals surface area (Å²) in [4.78, 5) is 0.712. The van der Waals surface area contributed by atoms with Crippen LogP contribution in [0.5, 0.6) is 0 Å². The molecule has 0 fully saturated rings. The standard InChI is InChI=1S/C18H12ClN7S/c1-11-15(20-24-25(11)14-9-7-13(19)8-10-14)17-23-26-16(21-22-18(26)27-17)12-5-3-2-4-6-12/h2-10H,1H3. The average Bonchev–Trinajstić information content (AvgIpc) is 3.37. The first-order chi connectivity index (χ1) is 13.2. The molecule has 2 aromatic carbocycles. The quantitative estimate of drug-likeness (QED) is 0.462. The second kappa shape index (κ2) is 6.26. The van der Waals surface area contributed by atoms with Crippen molar-refractivity contribution in [1.82, 2.24) is 34.8 Å². The summed E-state index contributed by atoms with van der Waals surface area (Å²) in [6.07, 6.45) is 0. The van der Waals surface area contributed by atoms with Gasteiger partial charge >= 0.3 is 0 Å². The Morgan fingerprint density at radius 1 is 0.926 bits per heavy atom. The monoisotopic (exact) mass is 393 g/mol. The zero-order valence-electron chi connectivity index (χ0n) is 14.1. The van der Waals surface area contributed by atoms with Crippen LogP contribution in [0.25, 0.3) is 32.7 Å². The van der Waals surface area contributed by atoms with Crippen molar-refractivity contribution in [3.63, 3.8) is 0 Å². The van der Waals surface area contributed by atoms with Crippen LogP contribution in [0.15, 0.2) is 54.6 Å². The van der Waals surface area contributed by atoms with E-state index >= 15 is 0 Å². The summed E-state index contributed by atoms with van der Waals surface area (Å²) in [6.45, 7) is 1.96. The number of nitrogens with zero attached hydrogens (tertiary/aromatic N) is 7. The Balaban J connectivity index is 1.59. The highest BCUT2D eigenvalue weighted by Crippen LogP contribution is 2.29. The SMILES string of the molecule is Cc1c(-c2nn3c(-c4ccccc4)nnc3s2)nnn1-c1ccc(Cl)cc1. The molecule has 0 bridgehead atoms. The fourth-order valence-electron chi connectivity index (χ4n) is 2.83. The highest BCUT2D eigenvalue weighted by atomic mass is 35.5. The molecule has 0 aliphatic rings. The molecule has 9 heteroatoms. The third-order valence-corrected chi connectivity index (χ3v) is 5.35. The lowest BCUT2D eigenvalue weighted by Gasteiger charge is -2.02. The molecule has 132 valence electrons. The molecule has 27 heavy (non-hydrogen) atoms. The van der Waals surface area contributed by atoms with Gasteiger partial charge in [-0.2, -0.15) is 9.61 Å². The normalized spacial score (nSPS) is 11.3. The molecule has 5 rings (SSSR count). The van der Waals surface area contributed by atoms with E-state index in [1.54, 1.807) is 9.20 Å². The predicted molar refractivity (Wildman–Crippen MR) is 104 cm³/mol. The number of hydrogen-bond acceptors (Lipinski definition) is 6. The minimum Gasteiger partial charge on any atom is -0.217 e. The molecular formula is C18H12ClN7S. The van der Waals surface area contributed by atoms with Gasteiger partial charge in [-0.1, -0.05) is 58.5 Å². The van der Waals surface area contributed by atoms with Gasteiger partial charge < -0.3 is 0 Å². The maximum absolute atomic E-state index is 5.97. The van der Waals surface area contributed by atoms with Crippen LogP contribution in [0.1, 0.15) is 5.69 Å². The Labute approximate surface area is 162 Å². The van der Waals surface area contributed by atoms with E-state index < -0.39 is 0 Å². The smallest absolute Gasteiger partial charge is 0.217 e. The maximum Gasteiger partial charge on any atom is 0.235 e. The summed E-state index contributed by atoms with van der Waals surface area (Å²) in [5.74, 6) is 0.704. The largest absolute Gasteiger partial charge is 0.235 e. The van der Waals surface area contributed by atoms with Crippen LogP contribution in [0.3, 0.4) is 0 Å². The van der Waals surface area contributed by atoms with E-state index in [-0.39, 0.29) is 0 Å². The first-order valence-corrected chi connectivity index (χ1v) is 9.36. The van der Waals surface area contributed by atoms with Gasteiger partial charge in [0.2, 0.25) is 4.96 Å². The second-order valence-corrected chi connectivity index (χ2v) is 7.30. The lowest BCUT2D eigenvalue weighted by atomic mass is 10.2. The summed E-state index contributed by atoms with van der Waals surface area (Å²) >= 11 is 7.40. The van der Waals surface area contributed by atoms with Crippen molar-refractivity contribution >= 4 is 27.9 Å². The fraction of sp³-hybridized carbons (Fsp3) is 0.0556. The number of aromatic nitrogens is 7. The molecule has 0 N–H and O–H groups in total. The Hall–Kier alpha value is -3.10. The van der Waals surface area contributed by atoms with E-state index in [1.807, 2.05) is 61.5 Å². The lowest BCUT2D eigenvalue weighted by Crippen LogP contribution is -1.98. The minimum absolute atomic E-state index is 0.679. The topological polar surface area (TPSA) is 73.8 Å². The summed E-state index contributed by atoms with van der Waals surface area (Å²) in [5.41, 5.74) is 3.47. The van der Waals surface area contributed by atoms with E-state index in [2.05, 4.69) is 25.6 Å². The Morgan fingerprint density at radius 2 is 1.70 bits per heavy atom. The van der Waals surface area contributed by atoms with Gasteiger partial charge in [0.15, 0.2) is 10.8 Å². The van der Waals surface area contributed by atoms with Gasteiger partial charge in [0.1, 0.15) is 5.69 Å². The van der Waals surface area contributed by atoms with Gasteiger partial charge in [-0.05, 0) is 31.2 Å². The molecule has 0 atom stereocenters. The summed E-state index contributed by atoms with van der Waals surface area (Å²) in [6, 6.07) is 17.3. The number of hydrogen-bond donors (Lipinski definition) is 0. The van der Waals surface area contributed by atoms with E-state index in [0.29, 0.717) is 15.8 Å². The third kappa shape index (κ3) is 2.70. The van der Waals surface area contributed by atoms with Gasteiger partial charge in [0.05, 0.1) is 11.4 Å². The molecule has 7 nitrogen and oxygen atoms in total. The highest BCUT2D eigenvalue weighted by Gasteiger charge is 2.19. The summed E-state index contributed by atoms with van der Waals surface area (Å²) in [5, 5.41) is 23.2. The van der Waals surface area contributed by atoms with Gasteiger partial charge in [-0.25, -0.2) is 4.68 Å². The van der Waals surface area contributed by atoms with Crippen molar-refractivity contribution in [3.8, 4) is 27.8 Å². The molecule has 0 aliphatic heterocycles. The summed E-state index contributed by atoms with van der Waals surface area (Å²) < 4.78 is 3.52. The highest BCUT2D eigenvalue weighted by molar-refractivity contribution is 7.19. The van der Waals surface area contributed by atoms with Gasteiger partial charge in [-0.15, -0.1) is 15.3 Å². The van der Waals surface area contributed by atoms with E-state index in [1.165, 1.54) is 11.3 Å².